The predicted octanol–water partition coefficient (Wildman–Crippen LogP) is 5.33. The number of rotatable bonds is 1. The Hall–Kier alpha value is -3.89. The van der Waals surface area contributed by atoms with Crippen LogP contribution in [-0.2, 0) is 5.54 Å². The second-order valence-corrected chi connectivity index (χ2v) is 10.1. The number of carbonyl (C=O) groups excluding carboxylic acids is 3. The Morgan fingerprint density at radius 3 is 1.97 bits per heavy atom. The van der Waals surface area contributed by atoms with E-state index in [4.69, 9.17) is 0 Å². The van der Waals surface area contributed by atoms with Gasteiger partial charge in [-0.2, -0.15) is 0 Å². The molecule has 0 radical (unpaired) electrons. The zero-order valence-electron chi connectivity index (χ0n) is 19.5. The summed E-state index contributed by atoms with van der Waals surface area (Å²) in [7, 11) is 1.89. The van der Waals surface area contributed by atoms with Gasteiger partial charge in [-0.05, 0) is 35.9 Å². The van der Waals surface area contributed by atoms with Crippen molar-refractivity contribution in [3.63, 3.8) is 0 Å². The Morgan fingerprint density at radius 1 is 0.714 bits per heavy atom. The number of ketones is 3. The molecule has 0 saturated carbocycles. The van der Waals surface area contributed by atoms with Crippen LogP contribution in [0.5, 0.6) is 0 Å². The molecule has 1 fully saturated rings. The van der Waals surface area contributed by atoms with Crippen molar-refractivity contribution < 1.29 is 14.4 Å². The van der Waals surface area contributed by atoms with Crippen LogP contribution in [0.2, 0.25) is 0 Å². The fraction of sp³-hybridized carbons (Fsp3) is 0.194. The number of hydrogen-bond acceptors (Lipinski definition) is 4. The molecule has 2 unspecified atom stereocenters. The molecule has 4 heteroatoms. The van der Waals surface area contributed by atoms with E-state index in [-0.39, 0.29) is 17.3 Å². The molecule has 1 heterocycles. The first-order valence-electron chi connectivity index (χ1n) is 12.0. The summed E-state index contributed by atoms with van der Waals surface area (Å²) >= 11 is 0. The highest BCUT2D eigenvalue weighted by Gasteiger charge is 2.78. The van der Waals surface area contributed by atoms with Crippen molar-refractivity contribution in [2.24, 2.45) is 5.41 Å². The quantitative estimate of drug-likeness (QED) is 0.362. The molecule has 1 saturated heterocycles. The maximum absolute atomic E-state index is 14.6. The van der Waals surface area contributed by atoms with Gasteiger partial charge in [0.05, 0.1) is 0 Å². The monoisotopic (exact) mass is 457 g/mol. The molecule has 2 spiro atoms. The number of likely N-dealkylation sites (N-methyl/N-ethyl adjacent to an activating group) is 1. The highest BCUT2D eigenvalue weighted by Crippen LogP contribution is 2.67. The lowest BCUT2D eigenvalue weighted by molar-refractivity contribution is 0.0320. The summed E-state index contributed by atoms with van der Waals surface area (Å²) in [6, 6.07) is 26.6. The molecule has 1 aliphatic heterocycles. The van der Waals surface area contributed by atoms with Gasteiger partial charge in [-0.25, -0.2) is 0 Å². The average molecular weight is 458 g/mol. The minimum atomic E-state index is -1.58. The van der Waals surface area contributed by atoms with Crippen molar-refractivity contribution in [3.05, 3.63) is 118 Å². The minimum Gasteiger partial charge on any atom is -0.293 e. The molecule has 0 amide bonds. The Morgan fingerprint density at radius 2 is 1.31 bits per heavy atom. The Bertz CT molecular complexity index is 1580. The van der Waals surface area contributed by atoms with Gasteiger partial charge in [0.2, 0.25) is 0 Å². The second kappa shape index (κ2) is 6.61. The standard InChI is InChI=1S/C31H23NO3/c1-18-13-15-19(16-14-18)25-17-32(2)31(30(25)27(33)21-9-3-4-10-22(21)28(30)34)24-12-6-8-20-7-5-11-23(26(20)24)29(31)35/h3-16,25H,17H2,1-2H3. The topological polar surface area (TPSA) is 54.5 Å². The largest absolute Gasteiger partial charge is 0.293 e. The van der Waals surface area contributed by atoms with E-state index in [9.17, 15) is 14.4 Å². The van der Waals surface area contributed by atoms with Crippen LogP contribution in [0, 0.1) is 12.3 Å². The van der Waals surface area contributed by atoms with E-state index in [0.29, 0.717) is 23.2 Å². The summed E-state index contributed by atoms with van der Waals surface area (Å²) in [6.07, 6.45) is 0. The molecule has 4 aromatic rings. The maximum atomic E-state index is 14.6. The number of carbonyl (C=O) groups is 3. The molecule has 0 bridgehead atoms. The lowest BCUT2D eigenvalue weighted by atomic mass is 9.57. The number of nitrogens with zero attached hydrogens (tertiary/aromatic N) is 1. The Balaban J connectivity index is 1.62. The SMILES string of the molecule is Cc1ccc(C2CN(C)C3(C(=O)c4cccc5cccc3c45)C23C(=O)c2ccccc2C3=O)cc1. The Labute approximate surface area is 203 Å². The number of Topliss-reactive ketones (excluding diaryl/α,β-unsaturated/α-hetero) is 3. The van der Waals surface area contributed by atoms with Gasteiger partial charge >= 0.3 is 0 Å². The summed E-state index contributed by atoms with van der Waals surface area (Å²) in [4.78, 5) is 45.8. The second-order valence-electron chi connectivity index (χ2n) is 10.1. The molecule has 3 aliphatic rings. The highest BCUT2D eigenvalue weighted by atomic mass is 16.2. The van der Waals surface area contributed by atoms with E-state index in [0.717, 1.165) is 27.5 Å². The van der Waals surface area contributed by atoms with Gasteiger partial charge in [-0.15, -0.1) is 0 Å². The summed E-state index contributed by atoms with van der Waals surface area (Å²) in [5.74, 6) is -1.11. The van der Waals surface area contributed by atoms with Crippen LogP contribution in [0.15, 0.2) is 84.9 Å². The molecule has 4 nitrogen and oxygen atoms in total. The molecular formula is C31H23NO3. The number of aryl methyl sites for hydroxylation is 1. The number of fused-ring (bicyclic) bond motifs is 3. The molecule has 0 aromatic heterocycles. The smallest absolute Gasteiger partial charge is 0.189 e. The van der Waals surface area contributed by atoms with E-state index < -0.39 is 16.9 Å². The van der Waals surface area contributed by atoms with Crippen molar-refractivity contribution >= 4 is 28.1 Å². The lowest BCUT2D eigenvalue weighted by Gasteiger charge is -2.43. The first-order chi connectivity index (χ1) is 16.9. The summed E-state index contributed by atoms with van der Waals surface area (Å²) in [5, 5.41) is 1.80. The van der Waals surface area contributed by atoms with Crippen molar-refractivity contribution in [3.8, 4) is 0 Å². The van der Waals surface area contributed by atoms with Gasteiger partial charge < -0.3 is 0 Å². The van der Waals surface area contributed by atoms with Crippen molar-refractivity contribution in [2.75, 3.05) is 13.6 Å². The zero-order valence-corrected chi connectivity index (χ0v) is 19.5. The Kier molecular flexibility index (Phi) is 3.87. The maximum Gasteiger partial charge on any atom is 0.189 e. The zero-order chi connectivity index (χ0) is 24.1. The third-order valence-corrected chi connectivity index (χ3v) is 8.60. The molecule has 2 atom stereocenters. The normalized spacial score (nSPS) is 24.3. The van der Waals surface area contributed by atoms with Crippen LogP contribution < -0.4 is 0 Å². The van der Waals surface area contributed by atoms with E-state index >= 15 is 0 Å². The molecule has 170 valence electrons. The minimum absolute atomic E-state index is 0.157. The fourth-order valence-corrected chi connectivity index (χ4v) is 7.23. The van der Waals surface area contributed by atoms with Gasteiger partial charge in [-0.1, -0.05) is 90.5 Å². The molecule has 35 heavy (non-hydrogen) atoms. The van der Waals surface area contributed by atoms with Gasteiger partial charge in [0.15, 0.2) is 17.3 Å². The predicted molar refractivity (Wildman–Crippen MR) is 134 cm³/mol. The summed E-state index contributed by atoms with van der Waals surface area (Å²) < 4.78 is 0. The number of benzene rings is 4. The third-order valence-electron chi connectivity index (χ3n) is 8.60. The summed E-state index contributed by atoms with van der Waals surface area (Å²) in [6.45, 7) is 2.44. The van der Waals surface area contributed by atoms with Crippen LogP contribution in [0.4, 0.5) is 0 Å². The molecular weight excluding hydrogens is 434 g/mol. The van der Waals surface area contributed by atoms with Gasteiger partial charge in [-0.3, -0.25) is 19.3 Å². The fourth-order valence-electron chi connectivity index (χ4n) is 7.23. The molecule has 0 N–H and O–H groups in total. The van der Waals surface area contributed by atoms with E-state index in [2.05, 4.69) is 0 Å². The van der Waals surface area contributed by atoms with Crippen molar-refractivity contribution in [1.82, 2.24) is 4.90 Å². The van der Waals surface area contributed by atoms with Gasteiger partial charge in [0.25, 0.3) is 0 Å². The lowest BCUT2D eigenvalue weighted by Crippen LogP contribution is -2.59. The number of likely N-dealkylation sites (tertiary alicyclic amines) is 1. The van der Waals surface area contributed by atoms with Crippen LogP contribution in [0.25, 0.3) is 10.8 Å². The summed E-state index contributed by atoms with van der Waals surface area (Å²) in [5.41, 5.74) is 1.22. The van der Waals surface area contributed by atoms with Gasteiger partial charge in [0, 0.05) is 29.2 Å². The van der Waals surface area contributed by atoms with E-state index in [1.54, 1.807) is 24.3 Å². The average Bonchev–Trinajstić information content (AvgIpc) is 3.40. The highest BCUT2D eigenvalue weighted by molar-refractivity contribution is 6.36. The van der Waals surface area contributed by atoms with Gasteiger partial charge in [0.1, 0.15) is 11.0 Å². The van der Waals surface area contributed by atoms with Crippen molar-refractivity contribution in [1.29, 1.82) is 0 Å². The van der Waals surface area contributed by atoms with E-state index in [1.807, 2.05) is 79.5 Å². The van der Waals surface area contributed by atoms with Crippen LogP contribution in [-0.4, -0.2) is 35.8 Å². The number of hydrogen-bond donors (Lipinski definition) is 0. The van der Waals surface area contributed by atoms with Crippen LogP contribution in [0.1, 0.15) is 53.7 Å². The molecule has 4 aromatic carbocycles. The first kappa shape index (κ1) is 20.5. The molecule has 7 rings (SSSR count). The van der Waals surface area contributed by atoms with Crippen LogP contribution in [0.3, 0.4) is 0 Å². The van der Waals surface area contributed by atoms with E-state index in [1.165, 1.54) is 0 Å². The molecule has 2 aliphatic carbocycles. The van der Waals surface area contributed by atoms with Crippen LogP contribution >= 0.6 is 0 Å². The third kappa shape index (κ3) is 2.11. The van der Waals surface area contributed by atoms with Crippen molar-refractivity contribution in [2.45, 2.75) is 18.4 Å². The first-order valence-corrected chi connectivity index (χ1v) is 12.0.